The van der Waals surface area contributed by atoms with Crippen molar-refractivity contribution in [3.63, 3.8) is 0 Å². The summed E-state index contributed by atoms with van der Waals surface area (Å²) in [7, 11) is 0. The maximum Gasteiger partial charge on any atom is 0.148 e. The Hall–Kier alpha value is -2.17. The van der Waals surface area contributed by atoms with Gasteiger partial charge in [0.1, 0.15) is 11.6 Å². The van der Waals surface area contributed by atoms with Gasteiger partial charge in [0.25, 0.3) is 0 Å². The van der Waals surface area contributed by atoms with Crippen molar-refractivity contribution in [1.29, 1.82) is 0 Å². The van der Waals surface area contributed by atoms with Gasteiger partial charge in [-0.25, -0.2) is 4.98 Å². The van der Waals surface area contributed by atoms with Crippen molar-refractivity contribution in [2.75, 3.05) is 29.9 Å². The molecular formula is C16H21N5. The first-order chi connectivity index (χ1) is 10.3. The number of rotatable bonds is 4. The lowest BCUT2D eigenvalue weighted by Crippen LogP contribution is -2.38. The van der Waals surface area contributed by atoms with Crippen molar-refractivity contribution < 1.29 is 0 Å². The molecule has 2 aromatic heterocycles. The molecule has 0 amide bonds. The number of hydrogen-bond acceptors (Lipinski definition) is 5. The Bertz CT molecular complexity index is 555. The van der Waals surface area contributed by atoms with Gasteiger partial charge < -0.3 is 10.2 Å². The molecule has 1 atom stereocenters. The van der Waals surface area contributed by atoms with Crippen molar-refractivity contribution in [3.8, 4) is 0 Å². The maximum absolute atomic E-state index is 4.45. The summed E-state index contributed by atoms with van der Waals surface area (Å²) in [6, 6.07) is 10.1. The van der Waals surface area contributed by atoms with Crippen LogP contribution in [0.3, 0.4) is 0 Å². The van der Waals surface area contributed by atoms with Crippen LogP contribution in [0.2, 0.25) is 0 Å². The van der Waals surface area contributed by atoms with E-state index < -0.39 is 0 Å². The third kappa shape index (κ3) is 3.68. The lowest BCUT2D eigenvalue weighted by molar-refractivity contribution is 0.430. The van der Waals surface area contributed by atoms with Crippen LogP contribution in [0, 0.1) is 12.8 Å². The Kier molecular flexibility index (Phi) is 4.28. The highest BCUT2D eigenvalue weighted by molar-refractivity contribution is 5.38. The van der Waals surface area contributed by atoms with E-state index in [2.05, 4.69) is 31.5 Å². The predicted octanol–water partition coefficient (Wildman–Crippen LogP) is 2.51. The molecule has 3 heterocycles. The van der Waals surface area contributed by atoms with Crippen LogP contribution >= 0.6 is 0 Å². The quantitative estimate of drug-likeness (QED) is 0.934. The number of anilines is 2. The molecule has 1 aliphatic rings. The van der Waals surface area contributed by atoms with Gasteiger partial charge in [-0.15, -0.1) is 5.10 Å². The average molecular weight is 283 g/mol. The molecule has 21 heavy (non-hydrogen) atoms. The van der Waals surface area contributed by atoms with Crippen LogP contribution in [-0.4, -0.2) is 34.8 Å². The van der Waals surface area contributed by atoms with Gasteiger partial charge in [-0.05, 0) is 49.9 Å². The maximum atomic E-state index is 4.45. The standard InChI is InChI=1S/C16H21N5/c1-13-7-8-15(20-19-13)18-11-14-5-4-10-21(12-14)16-6-2-3-9-17-16/h2-3,6-9,14H,4-5,10-12H2,1H3,(H,18,20)/t14-/m0/s1. The second-order valence-corrected chi connectivity index (χ2v) is 5.58. The molecular weight excluding hydrogens is 262 g/mol. The molecule has 1 N–H and O–H groups in total. The first-order valence-electron chi connectivity index (χ1n) is 7.51. The number of aromatic nitrogens is 3. The molecule has 110 valence electrons. The number of piperidine rings is 1. The third-order valence-corrected chi connectivity index (χ3v) is 3.86. The molecule has 1 aliphatic heterocycles. The Morgan fingerprint density at radius 2 is 2.19 bits per heavy atom. The van der Waals surface area contributed by atoms with Crippen molar-refractivity contribution in [2.24, 2.45) is 5.92 Å². The number of hydrogen-bond donors (Lipinski definition) is 1. The number of nitrogens with one attached hydrogen (secondary N) is 1. The summed E-state index contributed by atoms with van der Waals surface area (Å²) in [5.41, 5.74) is 0.944. The molecule has 1 fully saturated rings. The van der Waals surface area contributed by atoms with Crippen molar-refractivity contribution in [1.82, 2.24) is 15.2 Å². The zero-order chi connectivity index (χ0) is 14.5. The summed E-state index contributed by atoms with van der Waals surface area (Å²) in [4.78, 5) is 6.82. The van der Waals surface area contributed by atoms with Gasteiger partial charge in [0, 0.05) is 25.8 Å². The summed E-state index contributed by atoms with van der Waals surface area (Å²) in [5, 5.41) is 11.6. The summed E-state index contributed by atoms with van der Waals surface area (Å²) >= 11 is 0. The lowest BCUT2D eigenvalue weighted by atomic mass is 9.98. The summed E-state index contributed by atoms with van der Waals surface area (Å²) in [5.74, 6) is 2.55. The van der Waals surface area contributed by atoms with E-state index in [4.69, 9.17) is 0 Å². The van der Waals surface area contributed by atoms with Crippen LogP contribution in [0.5, 0.6) is 0 Å². The van der Waals surface area contributed by atoms with E-state index in [9.17, 15) is 0 Å². The molecule has 1 saturated heterocycles. The van der Waals surface area contributed by atoms with E-state index in [1.807, 2.05) is 37.4 Å². The van der Waals surface area contributed by atoms with Gasteiger partial charge >= 0.3 is 0 Å². The second-order valence-electron chi connectivity index (χ2n) is 5.58. The fourth-order valence-electron chi connectivity index (χ4n) is 2.72. The Balaban J connectivity index is 1.55. The molecule has 0 bridgehead atoms. The van der Waals surface area contributed by atoms with Crippen LogP contribution in [-0.2, 0) is 0 Å². The van der Waals surface area contributed by atoms with Gasteiger partial charge in [-0.1, -0.05) is 6.07 Å². The zero-order valence-electron chi connectivity index (χ0n) is 12.4. The van der Waals surface area contributed by atoms with Gasteiger partial charge in [-0.2, -0.15) is 5.10 Å². The zero-order valence-corrected chi connectivity index (χ0v) is 12.4. The van der Waals surface area contributed by atoms with Crippen LogP contribution < -0.4 is 10.2 Å². The van der Waals surface area contributed by atoms with Gasteiger partial charge in [0.15, 0.2) is 0 Å². The van der Waals surface area contributed by atoms with E-state index in [-0.39, 0.29) is 0 Å². The average Bonchev–Trinajstić information content (AvgIpc) is 2.55. The highest BCUT2D eigenvalue weighted by atomic mass is 15.2. The molecule has 0 aliphatic carbocycles. The van der Waals surface area contributed by atoms with E-state index >= 15 is 0 Å². The third-order valence-electron chi connectivity index (χ3n) is 3.86. The monoisotopic (exact) mass is 283 g/mol. The highest BCUT2D eigenvalue weighted by Gasteiger charge is 2.20. The molecule has 0 radical (unpaired) electrons. The second kappa shape index (κ2) is 6.52. The minimum Gasteiger partial charge on any atom is -0.368 e. The molecule has 0 unspecified atom stereocenters. The fourth-order valence-corrected chi connectivity index (χ4v) is 2.72. The predicted molar refractivity (Wildman–Crippen MR) is 84.4 cm³/mol. The van der Waals surface area contributed by atoms with E-state index in [1.165, 1.54) is 12.8 Å². The first-order valence-corrected chi connectivity index (χ1v) is 7.51. The van der Waals surface area contributed by atoms with Gasteiger partial charge in [0.05, 0.1) is 5.69 Å². The van der Waals surface area contributed by atoms with Crippen molar-refractivity contribution in [2.45, 2.75) is 19.8 Å². The Morgan fingerprint density at radius 3 is 2.95 bits per heavy atom. The molecule has 0 spiro atoms. The van der Waals surface area contributed by atoms with Crippen molar-refractivity contribution >= 4 is 11.6 Å². The van der Waals surface area contributed by atoms with Crippen LogP contribution in [0.4, 0.5) is 11.6 Å². The molecule has 5 nitrogen and oxygen atoms in total. The lowest BCUT2D eigenvalue weighted by Gasteiger charge is -2.33. The molecule has 2 aromatic rings. The fraction of sp³-hybridized carbons (Fsp3) is 0.438. The Morgan fingerprint density at radius 1 is 1.24 bits per heavy atom. The molecule has 0 aromatic carbocycles. The minimum absolute atomic E-state index is 0.615. The Labute approximate surface area is 125 Å². The van der Waals surface area contributed by atoms with Crippen LogP contribution in [0.15, 0.2) is 36.5 Å². The first kappa shape index (κ1) is 13.8. The number of aryl methyl sites for hydroxylation is 1. The number of nitrogens with zero attached hydrogens (tertiary/aromatic N) is 4. The summed E-state index contributed by atoms with van der Waals surface area (Å²) < 4.78 is 0. The van der Waals surface area contributed by atoms with E-state index in [0.717, 1.165) is 37.0 Å². The van der Waals surface area contributed by atoms with Crippen LogP contribution in [0.25, 0.3) is 0 Å². The number of pyridine rings is 1. The topological polar surface area (TPSA) is 53.9 Å². The van der Waals surface area contributed by atoms with Crippen molar-refractivity contribution in [3.05, 3.63) is 42.2 Å². The molecule has 3 rings (SSSR count). The normalized spacial score (nSPS) is 18.5. The summed E-state index contributed by atoms with van der Waals surface area (Å²) in [6.07, 6.45) is 4.32. The smallest absolute Gasteiger partial charge is 0.148 e. The van der Waals surface area contributed by atoms with Gasteiger partial charge in [0.2, 0.25) is 0 Å². The minimum atomic E-state index is 0.615. The van der Waals surface area contributed by atoms with E-state index in [1.54, 1.807) is 0 Å². The van der Waals surface area contributed by atoms with Crippen LogP contribution in [0.1, 0.15) is 18.5 Å². The SMILES string of the molecule is Cc1ccc(NC[C@@H]2CCCN(c3ccccn3)C2)nn1. The van der Waals surface area contributed by atoms with E-state index in [0.29, 0.717) is 5.92 Å². The largest absolute Gasteiger partial charge is 0.368 e. The molecule has 5 heteroatoms. The van der Waals surface area contributed by atoms with Gasteiger partial charge in [-0.3, -0.25) is 0 Å². The summed E-state index contributed by atoms with van der Waals surface area (Å²) in [6.45, 7) is 5.02. The highest BCUT2D eigenvalue weighted by Crippen LogP contribution is 2.21. The molecule has 0 saturated carbocycles.